The highest BCUT2D eigenvalue weighted by atomic mass is 16.6. The van der Waals surface area contributed by atoms with Crippen LogP contribution in [0.1, 0.15) is 18.4 Å². The van der Waals surface area contributed by atoms with Gasteiger partial charge in [-0.15, -0.1) is 5.10 Å². The molecule has 4 rings (SSSR count). The van der Waals surface area contributed by atoms with Crippen molar-refractivity contribution in [3.05, 3.63) is 42.1 Å². The van der Waals surface area contributed by atoms with Crippen LogP contribution in [0.3, 0.4) is 0 Å². The van der Waals surface area contributed by atoms with Crippen LogP contribution in [0.2, 0.25) is 0 Å². The van der Waals surface area contributed by atoms with Gasteiger partial charge in [-0.25, -0.2) is 0 Å². The molecule has 2 aliphatic rings. The number of aromatic nitrogens is 2. The summed E-state index contributed by atoms with van der Waals surface area (Å²) in [4.78, 5) is 4.75. The van der Waals surface area contributed by atoms with E-state index < -0.39 is 0 Å². The zero-order valence-electron chi connectivity index (χ0n) is 14.6. The molecule has 0 bridgehead atoms. The Hall–Kier alpha value is -2.34. The van der Waals surface area contributed by atoms with Crippen LogP contribution >= 0.6 is 0 Å². The first-order valence-electron chi connectivity index (χ1n) is 8.91. The molecule has 2 aromatic rings. The molecule has 0 spiro atoms. The molecule has 3 heterocycles. The minimum atomic E-state index is 0.485. The Balaban J connectivity index is 1.39. The predicted octanol–water partition coefficient (Wildman–Crippen LogP) is 2.35. The molecular formula is C19H24N4O2. The van der Waals surface area contributed by atoms with Gasteiger partial charge in [0.15, 0.2) is 17.3 Å². The molecule has 0 aliphatic carbocycles. The third kappa shape index (κ3) is 3.69. The van der Waals surface area contributed by atoms with Crippen molar-refractivity contribution in [1.29, 1.82) is 0 Å². The summed E-state index contributed by atoms with van der Waals surface area (Å²) >= 11 is 0. The van der Waals surface area contributed by atoms with Gasteiger partial charge in [-0.2, -0.15) is 5.10 Å². The fourth-order valence-electron chi connectivity index (χ4n) is 3.70. The highest BCUT2D eigenvalue weighted by molar-refractivity contribution is 5.44. The number of benzene rings is 1. The van der Waals surface area contributed by atoms with E-state index in [-0.39, 0.29) is 0 Å². The Morgan fingerprint density at radius 2 is 2.08 bits per heavy atom. The number of anilines is 1. The second kappa shape index (κ2) is 7.27. The van der Waals surface area contributed by atoms with Crippen molar-refractivity contribution in [2.24, 2.45) is 0 Å². The molecule has 1 fully saturated rings. The topological polar surface area (TPSA) is 50.7 Å². The smallest absolute Gasteiger partial charge is 0.161 e. The molecule has 25 heavy (non-hydrogen) atoms. The van der Waals surface area contributed by atoms with Crippen molar-refractivity contribution in [1.82, 2.24) is 15.1 Å². The van der Waals surface area contributed by atoms with Crippen LogP contribution in [0, 0.1) is 0 Å². The van der Waals surface area contributed by atoms with Crippen molar-refractivity contribution < 1.29 is 9.47 Å². The summed E-state index contributed by atoms with van der Waals surface area (Å²) in [6.45, 7) is 4.21. The highest BCUT2D eigenvalue weighted by Crippen LogP contribution is 2.31. The maximum Gasteiger partial charge on any atom is 0.161 e. The second-order valence-corrected chi connectivity index (χ2v) is 6.75. The molecule has 1 unspecified atom stereocenters. The Bertz CT molecular complexity index is 710. The summed E-state index contributed by atoms with van der Waals surface area (Å²) in [6, 6.07) is 10.7. The van der Waals surface area contributed by atoms with Crippen LogP contribution in [0.5, 0.6) is 11.5 Å². The number of hydrogen-bond donors (Lipinski definition) is 0. The third-order valence-electron chi connectivity index (χ3n) is 4.81. The molecular weight excluding hydrogens is 316 g/mol. The largest absolute Gasteiger partial charge is 0.486 e. The monoisotopic (exact) mass is 340 g/mol. The summed E-state index contributed by atoms with van der Waals surface area (Å²) in [7, 11) is 2.17. The van der Waals surface area contributed by atoms with Gasteiger partial charge >= 0.3 is 0 Å². The molecule has 1 aromatic heterocycles. The van der Waals surface area contributed by atoms with E-state index >= 15 is 0 Å². The van der Waals surface area contributed by atoms with E-state index in [2.05, 4.69) is 39.2 Å². The van der Waals surface area contributed by atoms with Gasteiger partial charge in [-0.1, -0.05) is 6.07 Å². The predicted molar refractivity (Wildman–Crippen MR) is 96.2 cm³/mol. The van der Waals surface area contributed by atoms with E-state index in [1.54, 1.807) is 6.20 Å². The lowest BCUT2D eigenvalue weighted by atomic mass is 10.1. The average molecular weight is 340 g/mol. The van der Waals surface area contributed by atoms with E-state index in [1.807, 2.05) is 18.2 Å². The maximum absolute atomic E-state index is 5.69. The molecule has 1 saturated heterocycles. The summed E-state index contributed by atoms with van der Waals surface area (Å²) < 4.78 is 11.3. The van der Waals surface area contributed by atoms with Crippen molar-refractivity contribution in [3.8, 4) is 11.5 Å². The van der Waals surface area contributed by atoms with Crippen LogP contribution < -0.4 is 14.4 Å². The Labute approximate surface area is 148 Å². The Kier molecular flexibility index (Phi) is 4.70. The van der Waals surface area contributed by atoms with Crippen LogP contribution in [-0.2, 0) is 6.54 Å². The standard InChI is InChI=1S/C19H24N4O2/c1-22(13-15-6-7-17-18(12-15)25-11-10-24-17)14-16-4-3-9-23(16)19-5-2-8-20-21-19/h2,5-8,12,16H,3-4,9-11,13-14H2,1H3. The Morgan fingerprint density at radius 3 is 2.92 bits per heavy atom. The van der Waals surface area contributed by atoms with Gasteiger partial charge in [-0.05, 0) is 49.7 Å². The first-order valence-corrected chi connectivity index (χ1v) is 8.91. The normalized spacial score (nSPS) is 19.4. The molecule has 0 N–H and O–H groups in total. The van der Waals surface area contributed by atoms with Crippen LogP contribution in [0.4, 0.5) is 5.82 Å². The first kappa shape index (κ1) is 16.1. The minimum absolute atomic E-state index is 0.485. The fraction of sp³-hybridized carbons (Fsp3) is 0.474. The Morgan fingerprint density at radius 1 is 1.20 bits per heavy atom. The van der Waals surface area contributed by atoms with E-state index in [9.17, 15) is 0 Å². The lowest BCUT2D eigenvalue weighted by Gasteiger charge is -2.29. The van der Waals surface area contributed by atoms with Crippen LogP contribution in [0.15, 0.2) is 36.5 Å². The van der Waals surface area contributed by atoms with Gasteiger partial charge in [0.2, 0.25) is 0 Å². The second-order valence-electron chi connectivity index (χ2n) is 6.75. The molecule has 0 saturated carbocycles. The molecule has 0 radical (unpaired) electrons. The molecule has 0 amide bonds. The van der Waals surface area contributed by atoms with E-state index in [1.165, 1.54) is 18.4 Å². The van der Waals surface area contributed by atoms with Crippen molar-refractivity contribution in [3.63, 3.8) is 0 Å². The lowest BCUT2D eigenvalue weighted by Crippen LogP contribution is -2.39. The number of nitrogens with zero attached hydrogens (tertiary/aromatic N) is 4. The first-order chi connectivity index (χ1) is 12.3. The molecule has 2 aliphatic heterocycles. The minimum Gasteiger partial charge on any atom is -0.486 e. The van der Waals surface area contributed by atoms with E-state index in [0.29, 0.717) is 19.3 Å². The van der Waals surface area contributed by atoms with Crippen molar-refractivity contribution >= 4 is 5.82 Å². The summed E-state index contributed by atoms with van der Waals surface area (Å²) in [6.07, 6.45) is 4.13. The van der Waals surface area contributed by atoms with Crippen molar-refractivity contribution in [2.45, 2.75) is 25.4 Å². The van der Waals surface area contributed by atoms with Gasteiger partial charge in [0.25, 0.3) is 0 Å². The average Bonchev–Trinajstić information content (AvgIpc) is 3.10. The van der Waals surface area contributed by atoms with Crippen LogP contribution in [0.25, 0.3) is 0 Å². The van der Waals surface area contributed by atoms with Crippen molar-refractivity contribution in [2.75, 3.05) is 38.3 Å². The molecule has 6 heteroatoms. The lowest BCUT2D eigenvalue weighted by molar-refractivity contribution is 0.171. The van der Waals surface area contributed by atoms with Gasteiger partial charge in [-0.3, -0.25) is 0 Å². The van der Waals surface area contributed by atoms with Crippen LogP contribution in [-0.4, -0.2) is 54.5 Å². The molecule has 132 valence electrons. The number of fused-ring (bicyclic) bond motifs is 1. The van der Waals surface area contributed by atoms with Gasteiger partial charge in [0, 0.05) is 31.9 Å². The van der Waals surface area contributed by atoms with Gasteiger partial charge < -0.3 is 19.3 Å². The van der Waals surface area contributed by atoms with Gasteiger partial charge in [0.05, 0.1) is 0 Å². The summed E-state index contributed by atoms with van der Waals surface area (Å²) in [5.41, 5.74) is 1.25. The zero-order valence-corrected chi connectivity index (χ0v) is 14.6. The number of rotatable bonds is 5. The molecule has 6 nitrogen and oxygen atoms in total. The van der Waals surface area contributed by atoms with E-state index in [0.717, 1.165) is 37.0 Å². The summed E-state index contributed by atoms with van der Waals surface area (Å²) in [5.74, 6) is 2.69. The number of likely N-dealkylation sites (N-methyl/N-ethyl adjacent to an activating group) is 1. The summed E-state index contributed by atoms with van der Waals surface area (Å²) in [5, 5.41) is 8.30. The molecule has 1 aromatic carbocycles. The third-order valence-corrected chi connectivity index (χ3v) is 4.81. The SMILES string of the molecule is CN(Cc1ccc2c(c1)OCCO2)CC1CCCN1c1cccnn1. The number of ether oxygens (including phenoxy) is 2. The number of hydrogen-bond acceptors (Lipinski definition) is 6. The highest BCUT2D eigenvalue weighted by Gasteiger charge is 2.26. The maximum atomic E-state index is 5.69. The van der Waals surface area contributed by atoms with Gasteiger partial charge in [0.1, 0.15) is 13.2 Å². The fourth-order valence-corrected chi connectivity index (χ4v) is 3.70. The zero-order chi connectivity index (χ0) is 17.1. The molecule has 1 atom stereocenters. The van der Waals surface area contributed by atoms with E-state index in [4.69, 9.17) is 9.47 Å². The quantitative estimate of drug-likeness (QED) is 0.833.